The van der Waals surface area contributed by atoms with Gasteiger partial charge in [0.15, 0.2) is 0 Å². The molecule has 0 spiro atoms. The molecule has 2 aromatic rings. The lowest BCUT2D eigenvalue weighted by atomic mass is 10.2. The van der Waals surface area contributed by atoms with Crippen molar-refractivity contribution in [1.82, 2.24) is 4.98 Å². The monoisotopic (exact) mass is 287 g/mol. The van der Waals surface area contributed by atoms with Crippen molar-refractivity contribution in [3.63, 3.8) is 0 Å². The van der Waals surface area contributed by atoms with Crippen molar-refractivity contribution in [2.75, 3.05) is 12.4 Å². The van der Waals surface area contributed by atoms with Gasteiger partial charge in [-0.1, -0.05) is 17.7 Å². The zero-order chi connectivity index (χ0) is 14.5. The predicted octanol–water partition coefficient (Wildman–Crippen LogP) is 3.54. The first-order chi connectivity index (χ1) is 9.63. The molecule has 0 saturated carbocycles. The third-order valence-electron chi connectivity index (χ3n) is 2.82. The number of hydrogen-bond acceptors (Lipinski definition) is 4. The van der Waals surface area contributed by atoms with E-state index in [-0.39, 0.29) is 0 Å². The molecule has 0 bridgehead atoms. The standard InChI is InChI=1S/C15H14ClN3O/c1-10-6-11(8-17)7-15(19-10)18-9-12-13(16)4-3-5-14(12)20-2/h3-7H,9H2,1-2H3,(H,18,19). The van der Waals surface area contributed by atoms with Gasteiger partial charge in [-0.3, -0.25) is 0 Å². The summed E-state index contributed by atoms with van der Waals surface area (Å²) >= 11 is 6.17. The summed E-state index contributed by atoms with van der Waals surface area (Å²) in [4.78, 5) is 4.34. The molecule has 1 N–H and O–H groups in total. The Morgan fingerprint density at radius 1 is 1.40 bits per heavy atom. The Morgan fingerprint density at radius 2 is 2.20 bits per heavy atom. The molecule has 0 aliphatic heterocycles. The van der Waals surface area contributed by atoms with Crippen molar-refractivity contribution in [3.05, 3.63) is 52.2 Å². The zero-order valence-corrected chi connectivity index (χ0v) is 12.0. The van der Waals surface area contributed by atoms with Crippen molar-refractivity contribution in [1.29, 1.82) is 5.26 Å². The molecule has 20 heavy (non-hydrogen) atoms. The molecule has 0 aliphatic rings. The van der Waals surface area contributed by atoms with Crippen molar-refractivity contribution >= 4 is 17.4 Å². The number of nitriles is 1. The molecule has 5 heteroatoms. The first-order valence-corrected chi connectivity index (χ1v) is 6.46. The lowest BCUT2D eigenvalue weighted by molar-refractivity contribution is 0.410. The average Bonchev–Trinajstić information content (AvgIpc) is 2.45. The molecule has 2 rings (SSSR count). The van der Waals surface area contributed by atoms with Crippen LogP contribution < -0.4 is 10.1 Å². The van der Waals surface area contributed by atoms with E-state index in [0.717, 1.165) is 17.0 Å². The van der Waals surface area contributed by atoms with Crippen LogP contribution in [-0.2, 0) is 6.54 Å². The second-order valence-electron chi connectivity index (χ2n) is 4.27. The molecule has 0 unspecified atom stereocenters. The molecule has 0 atom stereocenters. The van der Waals surface area contributed by atoms with Gasteiger partial charge in [-0.05, 0) is 31.2 Å². The van der Waals surface area contributed by atoms with Crippen molar-refractivity contribution in [3.8, 4) is 11.8 Å². The largest absolute Gasteiger partial charge is 0.496 e. The van der Waals surface area contributed by atoms with Gasteiger partial charge in [0.25, 0.3) is 0 Å². The first kappa shape index (κ1) is 14.2. The van der Waals surface area contributed by atoms with Gasteiger partial charge in [-0.25, -0.2) is 4.98 Å². The van der Waals surface area contributed by atoms with Crippen LogP contribution >= 0.6 is 11.6 Å². The highest BCUT2D eigenvalue weighted by atomic mass is 35.5. The Morgan fingerprint density at radius 3 is 2.90 bits per heavy atom. The Labute approximate surface area is 123 Å². The molecule has 0 amide bonds. The van der Waals surface area contributed by atoms with Crippen molar-refractivity contribution < 1.29 is 4.74 Å². The van der Waals surface area contributed by atoms with Crippen LogP contribution in [0, 0.1) is 18.3 Å². The number of aryl methyl sites for hydroxylation is 1. The first-order valence-electron chi connectivity index (χ1n) is 6.08. The van der Waals surface area contributed by atoms with Gasteiger partial charge in [0.1, 0.15) is 11.6 Å². The summed E-state index contributed by atoms with van der Waals surface area (Å²) < 4.78 is 5.29. The van der Waals surface area contributed by atoms with E-state index in [1.165, 1.54) is 0 Å². The summed E-state index contributed by atoms with van der Waals surface area (Å²) in [6, 6.07) is 11.1. The smallest absolute Gasteiger partial charge is 0.127 e. The van der Waals surface area contributed by atoms with E-state index in [1.54, 1.807) is 19.2 Å². The van der Waals surface area contributed by atoms with Gasteiger partial charge in [0.05, 0.1) is 18.7 Å². The number of anilines is 1. The normalized spacial score (nSPS) is 9.90. The Kier molecular flexibility index (Phi) is 4.44. The number of halogens is 1. The van der Waals surface area contributed by atoms with Crippen molar-refractivity contribution in [2.45, 2.75) is 13.5 Å². The number of rotatable bonds is 4. The fourth-order valence-electron chi connectivity index (χ4n) is 1.90. The summed E-state index contributed by atoms with van der Waals surface area (Å²) in [5, 5.41) is 12.7. The summed E-state index contributed by atoms with van der Waals surface area (Å²) in [7, 11) is 1.61. The number of nitrogens with zero attached hydrogens (tertiary/aromatic N) is 2. The third-order valence-corrected chi connectivity index (χ3v) is 3.18. The highest BCUT2D eigenvalue weighted by Crippen LogP contribution is 2.26. The molecule has 0 radical (unpaired) electrons. The number of aromatic nitrogens is 1. The van der Waals surface area contributed by atoms with Crippen LogP contribution in [0.1, 0.15) is 16.8 Å². The molecule has 4 nitrogen and oxygen atoms in total. The summed E-state index contributed by atoms with van der Waals surface area (Å²) in [5.74, 6) is 1.36. The van der Waals surface area contributed by atoms with Crippen LogP contribution in [0.25, 0.3) is 0 Å². The molecule has 1 heterocycles. The van der Waals surface area contributed by atoms with Crippen LogP contribution in [0.3, 0.4) is 0 Å². The van der Waals surface area contributed by atoms with Gasteiger partial charge < -0.3 is 10.1 Å². The number of ether oxygens (including phenoxy) is 1. The zero-order valence-electron chi connectivity index (χ0n) is 11.3. The topological polar surface area (TPSA) is 57.9 Å². The minimum atomic E-state index is 0.476. The van der Waals surface area contributed by atoms with E-state index in [2.05, 4.69) is 16.4 Å². The highest BCUT2D eigenvalue weighted by molar-refractivity contribution is 6.31. The van der Waals surface area contributed by atoms with Crippen LogP contribution in [0.4, 0.5) is 5.82 Å². The van der Waals surface area contributed by atoms with Crippen LogP contribution in [0.2, 0.25) is 5.02 Å². The molecular weight excluding hydrogens is 274 g/mol. The number of methoxy groups -OCH3 is 1. The predicted molar refractivity (Wildman–Crippen MR) is 79.0 cm³/mol. The van der Waals surface area contributed by atoms with E-state index in [1.807, 2.05) is 25.1 Å². The van der Waals surface area contributed by atoms with Crippen LogP contribution in [0.5, 0.6) is 5.75 Å². The summed E-state index contributed by atoms with van der Waals surface area (Å²) in [6.45, 7) is 2.33. The number of pyridine rings is 1. The van der Waals surface area contributed by atoms with E-state index in [0.29, 0.717) is 22.9 Å². The second kappa shape index (κ2) is 6.27. The van der Waals surface area contributed by atoms with Crippen LogP contribution in [0.15, 0.2) is 30.3 Å². The Bertz CT molecular complexity index is 665. The molecule has 0 fully saturated rings. The molecule has 0 saturated heterocycles. The van der Waals surface area contributed by atoms with Gasteiger partial charge >= 0.3 is 0 Å². The van der Waals surface area contributed by atoms with Gasteiger partial charge in [0, 0.05) is 22.8 Å². The quantitative estimate of drug-likeness (QED) is 0.934. The number of hydrogen-bond donors (Lipinski definition) is 1. The van der Waals surface area contributed by atoms with E-state index in [9.17, 15) is 0 Å². The van der Waals surface area contributed by atoms with Gasteiger partial charge in [-0.15, -0.1) is 0 Å². The maximum Gasteiger partial charge on any atom is 0.127 e. The van der Waals surface area contributed by atoms with E-state index >= 15 is 0 Å². The maximum atomic E-state index is 8.95. The maximum absolute atomic E-state index is 8.95. The third kappa shape index (κ3) is 3.19. The minimum absolute atomic E-state index is 0.476. The fraction of sp³-hybridized carbons (Fsp3) is 0.200. The van der Waals surface area contributed by atoms with Crippen molar-refractivity contribution in [2.24, 2.45) is 0 Å². The lowest BCUT2D eigenvalue weighted by Crippen LogP contribution is -2.05. The molecule has 1 aromatic carbocycles. The summed E-state index contributed by atoms with van der Waals surface area (Å²) in [6.07, 6.45) is 0. The average molecular weight is 288 g/mol. The molecule has 1 aromatic heterocycles. The Balaban J connectivity index is 2.21. The fourth-order valence-corrected chi connectivity index (χ4v) is 2.14. The second-order valence-corrected chi connectivity index (χ2v) is 4.68. The van der Waals surface area contributed by atoms with Gasteiger partial charge in [-0.2, -0.15) is 5.26 Å². The molecule has 0 aliphatic carbocycles. The lowest BCUT2D eigenvalue weighted by Gasteiger charge is -2.12. The molecule has 102 valence electrons. The highest BCUT2D eigenvalue weighted by Gasteiger charge is 2.08. The minimum Gasteiger partial charge on any atom is -0.496 e. The van der Waals surface area contributed by atoms with E-state index < -0.39 is 0 Å². The SMILES string of the molecule is COc1cccc(Cl)c1CNc1cc(C#N)cc(C)n1. The van der Waals surface area contributed by atoms with Gasteiger partial charge in [0.2, 0.25) is 0 Å². The number of nitrogens with one attached hydrogen (secondary N) is 1. The Hall–Kier alpha value is -2.25. The summed E-state index contributed by atoms with van der Waals surface area (Å²) in [5.41, 5.74) is 2.22. The van der Waals surface area contributed by atoms with Crippen LogP contribution in [-0.4, -0.2) is 12.1 Å². The number of benzene rings is 1. The van der Waals surface area contributed by atoms with E-state index in [4.69, 9.17) is 21.6 Å². The molecular formula is C15H14ClN3O.